The van der Waals surface area contributed by atoms with E-state index in [9.17, 15) is 0 Å². The molecule has 0 aromatic heterocycles. The van der Waals surface area contributed by atoms with Crippen molar-refractivity contribution in [2.75, 3.05) is 0 Å². The molecule has 4 aliphatic carbocycles. The summed E-state index contributed by atoms with van der Waals surface area (Å²) in [6, 6.07) is 20.9. The van der Waals surface area contributed by atoms with Gasteiger partial charge in [0, 0.05) is 17.1 Å². The Morgan fingerprint density at radius 2 is 1.60 bits per heavy atom. The first kappa shape index (κ1) is 20.6. The normalized spacial score (nSPS) is 34.1. The van der Waals surface area contributed by atoms with Gasteiger partial charge in [0.05, 0.1) is 0 Å². The average Bonchev–Trinajstić information content (AvgIpc) is 2.72. The zero-order valence-electron chi connectivity index (χ0n) is 18.5. The molecule has 160 valence electrons. The molecule has 1 N–H and O–H groups in total. The Hall–Kier alpha value is -1.31. The van der Waals surface area contributed by atoms with Gasteiger partial charge in [0.2, 0.25) is 0 Å². The lowest BCUT2D eigenvalue weighted by Gasteiger charge is -2.64. The summed E-state index contributed by atoms with van der Waals surface area (Å²) >= 11 is 6.22. The van der Waals surface area contributed by atoms with Crippen molar-refractivity contribution in [3.63, 3.8) is 0 Å². The van der Waals surface area contributed by atoms with E-state index < -0.39 is 0 Å². The molecule has 4 saturated carbocycles. The van der Waals surface area contributed by atoms with Crippen LogP contribution in [0.4, 0.5) is 0 Å². The van der Waals surface area contributed by atoms with E-state index in [0.717, 1.165) is 23.3 Å². The van der Waals surface area contributed by atoms with Gasteiger partial charge in [0.15, 0.2) is 0 Å². The fourth-order valence-corrected chi connectivity index (χ4v) is 7.82. The van der Waals surface area contributed by atoms with Gasteiger partial charge >= 0.3 is 0 Å². The third kappa shape index (κ3) is 3.84. The minimum Gasteiger partial charge on any atom is -0.311 e. The van der Waals surface area contributed by atoms with Gasteiger partial charge in [-0.15, -0.1) is 0 Å². The average molecular weight is 422 g/mol. The summed E-state index contributed by atoms with van der Waals surface area (Å²) in [4.78, 5) is 0. The van der Waals surface area contributed by atoms with Gasteiger partial charge < -0.3 is 5.32 Å². The zero-order chi connectivity index (χ0) is 20.8. The van der Waals surface area contributed by atoms with Crippen LogP contribution in [0, 0.1) is 17.3 Å². The molecular weight excluding hydrogens is 386 g/mol. The van der Waals surface area contributed by atoms with Crippen LogP contribution in [-0.4, -0.2) is 12.1 Å². The fraction of sp³-hybridized carbons (Fsp3) is 0.571. The standard InChI is InChI=1S/C28H36ClN/c1-20(8-9-22-6-4-3-5-7-22)30-21(2)27-15-23-14-24(16-27)18-28(17-23,19-27)25-10-12-26(29)13-11-25/h3-7,10-13,20-21,23-24,30H,8-9,14-19H2,1-2H3/t20-,21-,23-,24+,27?,28?/m1/s1. The Bertz CT molecular complexity index is 844. The van der Waals surface area contributed by atoms with E-state index in [1.54, 1.807) is 5.56 Å². The van der Waals surface area contributed by atoms with Crippen molar-refractivity contribution in [1.82, 2.24) is 5.32 Å². The lowest BCUT2D eigenvalue weighted by Crippen LogP contribution is -2.60. The molecule has 6 rings (SSSR count). The van der Waals surface area contributed by atoms with Crippen LogP contribution in [0.1, 0.15) is 69.9 Å². The predicted octanol–water partition coefficient (Wildman–Crippen LogP) is 7.18. The molecule has 0 radical (unpaired) electrons. The van der Waals surface area contributed by atoms with Crippen molar-refractivity contribution < 1.29 is 0 Å². The van der Waals surface area contributed by atoms with Crippen molar-refractivity contribution in [2.45, 2.75) is 82.7 Å². The maximum absolute atomic E-state index is 6.22. The molecule has 30 heavy (non-hydrogen) atoms. The smallest absolute Gasteiger partial charge is 0.0406 e. The van der Waals surface area contributed by atoms with Crippen LogP contribution in [0.25, 0.3) is 0 Å². The van der Waals surface area contributed by atoms with Gasteiger partial charge in [-0.3, -0.25) is 0 Å². The van der Waals surface area contributed by atoms with Crippen LogP contribution in [0.2, 0.25) is 5.02 Å². The Morgan fingerprint density at radius 3 is 2.27 bits per heavy atom. The number of hydrogen-bond acceptors (Lipinski definition) is 1. The van der Waals surface area contributed by atoms with E-state index in [0.29, 0.717) is 22.9 Å². The van der Waals surface area contributed by atoms with Crippen molar-refractivity contribution in [3.05, 3.63) is 70.7 Å². The van der Waals surface area contributed by atoms with Crippen LogP contribution in [-0.2, 0) is 11.8 Å². The molecule has 4 bridgehead atoms. The van der Waals surface area contributed by atoms with Crippen LogP contribution in [0.5, 0.6) is 0 Å². The van der Waals surface area contributed by atoms with Crippen LogP contribution in [0.3, 0.4) is 0 Å². The second-order valence-electron chi connectivity index (χ2n) is 10.9. The van der Waals surface area contributed by atoms with Crippen LogP contribution in [0.15, 0.2) is 54.6 Å². The summed E-state index contributed by atoms with van der Waals surface area (Å²) < 4.78 is 0. The lowest BCUT2D eigenvalue weighted by atomic mass is 9.41. The highest BCUT2D eigenvalue weighted by Gasteiger charge is 2.59. The van der Waals surface area contributed by atoms with E-state index in [1.165, 1.54) is 50.5 Å². The van der Waals surface area contributed by atoms with E-state index in [1.807, 2.05) is 0 Å². The topological polar surface area (TPSA) is 12.0 Å². The molecule has 2 aromatic carbocycles. The van der Waals surface area contributed by atoms with Gasteiger partial charge in [0.1, 0.15) is 0 Å². The first-order chi connectivity index (χ1) is 14.5. The molecule has 6 atom stereocenters. The molecule has 2 aromatic rings. The second kappa shape index (κ2) is 7.99. The molecule has 0 saturated heterocycles. The lowest BCUT2D eigenvalue weighted by molar-refractivity contribution is -0.0894. The maximum Gasteiger partial charge on any atom is 0.0406 e. The molecule has 2 heteroatoms. The van der Waals surface area contributed by atoms with Crippen molar-refractivity contribution in [1.29, 1.82) is 0 Å². The minimum atomic E-state index is 0.387. The van der Waals surface area contributed by atoms with Crippen LogP contribution < -0.4 is 5.32 Å². The number of benzene rings is 2. The number of hydrogen-bond donors (Lipinski definition) is 1. The van der Waals surface area contributed by atoms with E-state index in [4.69, 9.17) is 11.6 Å². The summed E-state index contributed by atoms with van der Waals surface area (Å²) in [5.41, 5.74) is 3.85. The highest BCUT2D eigenvalue weighted by atomic mass is 35.5. The molecule has 2 unspecified atom stereocenters. The first-order valence-corrected chi connectivity index (χ1v) is 12.4. The van der Waals surface area contributed by atoms with Crippen molar-refractivity contribution >= 4 is 11.6 Å². The van der Waals surface area contributed by atoms with E-state index in [-0.39, 0.29) is 0 Å². The van der Waals surface area contributed by atoms with Gasteiger partial charge in [-0.2, -0.15) is 0 Å². The Balaban J connectivity index is 1.30. The molecule has 0 aliphatic heterocycles. The summed E-state index contributed by atoms with van der Waals surface area (Å²) in [5, 5.41) is 4.93. The first-order valence-electron chi connectivity index (χ1n) is 12.0. The van der Waals surface area contributed by atoms with Gasteiger partial charge in [-0.25, -0.2) is 0 Å². The molecule has 0 heterocycles. The third-order valence-electron chi connectivity index (χ3n) is 8.72. The summed E-state index contributed by atoms with van der Waals surface area (Å²) in [6.45, 7) is 4.87. The molecule has 0 spiro atoms. The highest BCUT2D eigenvalue weighted by molar-refractivity contribution is 6.30. The third-order valence-corrected chi connectivity index (χ3v) is 8.98. The Morgan fingerprint density at radius 1 is 0.933 bits per heavy atom. The number of aryl methyl sites for hydroxylation is 1. The van der Waals surface area contributed by atoms with E-state index in [2.05, 4.69) is 73.8 Å². The maximum atomic E-state index is 6.22. The minimum absolute atomic E-state index is 0.387. The van der Waals surface area contributed by atoms with Crippen molar-refractivity contribution in [3.8, 4) is 0 Å². The Kier molecular flexibility index (Phi) is 5.48. The predicted molar refractivity (Wildman–Crippen MR) is 127 cm³/mol. The molecule has 0 amide bonds. The van der Waals surface area contributed by atoms with Crippen LogP contribution >= 0.6 is 11.6 Å². The summed E-state index contributed by atoms with van der Waals surface area (Å²) in [5.74, 6) is 1.82. The summed E-state index contributed by atoms with van der Waals surface area (Å²) in [6.07, 6.45) is 10.8. The molecule has 1 nitrogen and oxygen atoms in total. The van der Waals surface area contributed by atoms with Gasteiger partial charge in [-0.05, 0) is 111 Å². The second-order valence-corrected chi connectivity index (χ2v) is 11.4. The van der Waals surface area contributed by atoms with Gasteiger partial charge in [0.25, 0.3) is 0 Å². The molecule has 4 fully saturated rings. The largest absolute Gasteiger partial charge is 0.311 e. The number of halogens is 1. The SMILES string of the molecule is C[C@H](CCc1ccccc1)N[C@H](C)C12C[C@@H]3C[C@@H](CC(c4ccc(Cl)cc4)(C3)C1)C2. The fourth-order valence-electron chi connectivity index (χ4n) is 7.70. The zero-order valence-corrected chi connectivity index (χ0v) is 19.3. The Labute approximate surface area is 187 Å². The number of rotatable bonds is 7. The van der Waals surface area contributed by atoms with Crippen molar-refractivity contribution in [2.24, 2.45) is 17.3 Å². The molecule has 4 aliphatic rings. The summed E-state index contributed by atoms with van der Waals surface area (Å²) in [7, 11) is 0. The number of nitrogens with one attached hydrogen (secondary N) is 1. The quantitative estimate of drug-likeness (QED) is 0.499. The monoisotopic (exact) mass is 421 g/mol. The molecular formula is C28H36ClN. The highest BCUT2D eigenvalue weighted by Crippen LogP contribution is 2.66. The van der Waals surface area contributed by atoms with E-state index >= 15 is 0 Å². The van der Waals surface area contributed by atoms with Gasteiger partial charge in [-0.1, -0.05) is 54.1 Å².